The third-order valence-electron chi connectivity index (χ3n) is 7.56. The van der Waals surface area contributed by atoms with Crippen molar-refractivity contribution < 1.29 is 43.2 Å². The molecular weight excluding hydrogens is 950 g/mol. The summed E-state index contributed by atoms with van der Waals surface area (Å²) in [6.45, 7) is 15.9. The minimum Gasteiger partial charge on any atom is -0.398 e. The number of benzene rings is 2. The summed E-state index contributed by atoms with van der Waals surface area (Å²) < 4.78 is 127. The van der Waals surface area contributed by atoms with E-state index in [1.807, 2.05) is 34.6 Å². The van der Waals surface area contributed by atoms with Crippen molar-refractivity contribution in [3.8, 4) is 0 Å². The molecule has 320 valence electrons. The molecule has 0 atom stereocenters. The van der Waals surface area contributed by atoms with Gasteiger partial charge in [-0.25, -0.2) is 36.3 Å². The molecule has 0 bridgehead atoms. The third-order valence-corrected chi connectivity index (χ3v) is 11.3. The van der Waals surface area contributed by atoms with Crippen LogP contribution in [-0.4, -0.2) is 88.5 Å². The van der Waals surface area contributed by atoms with Crippen molar-refractivity contribution in [3.05, 3.63) is 63.7 Å². The molecule has 0 aliphatic carbocycles. The second-order valence-electron chi connectivity index (χ2n) is 13.9. The number of nitrogen functional groups attached to an aromatic ring is 1. The predicted octanol–water partition coefficient (Wildman–Crippen LogP) is 7.64. The Morgan fingerprint density at radius 2 is 1.28 bits per heavy atom. The van der Waals surface area contributed by atoms with E-state index in [2.05, 4.69) is 73.1 Å². The maximum absolute atomic E-state index is 12.9. The Bertz CT molecular complexity index is 2330. The average molecular weight is 993 g/mol. The van der Waals surface area contributed by atoms with Gasteiger partial charge in [0.15, 0.2) is 0 Å². The van der Waals surface area contributed by atoms with Crippen LogP contribution >= 0.6 is 31.9 Å². The first-order valence-electron chi connectivity index (χ1n) is 17.0. The minimum atomic E-state index is -4.54. The molecule has 0 amide bonds. The number of anilines is 1. The van der Waals surface area contributed by atoms with Gasteiger partial charge in [0.25, 0.3) is 20.0 Å². The maximum Gasteiger partial charge on any atom is 0.431 e. The van der Waals surface area contributed by atoms with E-state index >= 15 is 0 Å². The van der Waals surface area contributed by atoms with E-state index in [-0.39, 0.29) is 43.4 Å². The molecule has 14 nitrogen and oxygen atoms in total. The number of hydrogen-bond acceptors (Lipinski definition) is 9. The predicted molar refractivity (Wildman–Crippen MR) is 221 cm³/mol. The first-order valence-corrected chi connectivity index (χ1v) is 21.5. The number of allylic oxidation sites excluding steroid dienone is 1. The zero-order valence-electron chi connectivity index (χ0n) is 32.0. The number of rotatable bonds is 6. The second-order valence-corrected chi connectivity index (χ2v) is 19.1. The lowest BCUT2D eigenvalue weighted by molar-refractivity contribution is -0.140. The van der Waals surface area contributed by atoms with E-state index in [4.69, 9.17) is 5.73 Å². The fraction of sp³-hybridized carbons (Fsp3) is 0.412. The Morgan fingerprint density at radius 1 is 0.845 bits per heavy atom. The van der Waals surface area contributed by atoms with Crippen molar-refractivity contribution in [2.24, 2.45) is 31.0 Å². The topological polar surface area (TPSA) is 190 Å². The van der Waals surface area contributed by atoms with E-state index in [1.165, 1.54) is 41.4 Å². The number of H-pyrrole nitrogens is 1. The van der Waals surface area contributed by atoms with Crippen LogP contribution in [-0.2, 0) is 26.2 Å². The number of halogens is 8. The molecule has 24 heteroatoms. The number of nitrogens with two attached hydrogens (primary N) is 1. The summed E-state index contributed by atoms with van der Waals surface area (Å²) in [6.07, 6.45) is -5.33. The van der Waals surface area contributed by atoms with E-state index in [0.29, 0.717) is 36.3 Å². The number of hydrazone groups is 2. The lowest BCUT2D eigenvalue weighted by Gasteiger charge is -2.21. The van der Waals surface area contributed by atoms with Gasteiger partial charge in [-0.15, -0.1) is 0 Å². The van der Waals surface area contributed by atoms with Gasteiger partial charge in [0.1, 0.15) is 5.69 Å². The van der Waals surface area contributed by atoms with Gasteiger partial charge in [-0.2, -0.15) is 36.5 Å². The summed E-state index contributed by atoms with van der Waals surface area (Å²) in [7, 11) is -7.84. The molecule has 1 aromatic heterocycles. The monoisotopic (exact) mass is 990 g/mol. The summed E-state index contributed by atoms with van der Waals surface area (Å²) in [4.78, 5) is 10.6. The normalized spacial score (nSPS) is 16.8. The van der Waals surface area contributed by atoms with Crippen LogP contribution in [0.2, 0.25) is 0 Å². The van der Waals surface area contributed by atoms with E-state index in [0.717, 1.165) is 6.07 Å². The maximum atomic E-state index is 12.9. The molecule has 0 unspecified atom stereocenters. The third kappa shape index (κ3) is 13.4. The molecule has 2 aliphatic rings. The number of guanidine groups is 2. The van der Waals surface area contributed by atoms with Gasteiger partial charge in [-0.1, -0.05) is 34.3 Å². The van der Waals surface area contributed by atoms with Crippen molar-refractivity contribution >= 4 is 92.8 Å². The lowest BCUT2D eigenvalue weighted by atomic mass is 9.97. The Kier molecular flexibility index (Phi) is 15.3. The highest BCUT2D eigenvalue weighted by Crippen LogP contribution is 2.32. The molecule has 0 spiro atoms. The first-order chi connectivity index (χ1) is 26.5. The smallest absolute Gasteiger partial charge is 0.398 e. The van der Waals surface area contributed by atoms with Gasteiger partial charge in [-0.3, -0.25) is 9.98 Å². The molecule has 0 saturated carbocycles. The number of hydrogen-bond donors (Lipinski definition) is 4. The number of fused-ring (bicyclic) bond motifs is 1. The van der Waals surface area contributed by atoms with Gasteiger partial charge in [0, 0.05) is 57.4 Å². The highest BCUT2D eigenvalue weighted by atomic mass is 79.9. The van der Waals surface area contributed by atoms with Crippen molar-refractivity contribution in [2.45, 2.75) is 63.7 Å². The second kappa shape index (κ2) is 18.4. The van der Waals surface area contributed by atoms with Crippen molar-refractivity contribution in [1.82, 2.24) is 24.4 Å². The first kappa shape index (κ1) is 48.2. The molecule has 5 N–H and O–H groups in total. The summed E-state index contributed by atoms with van der Waals surface area (Å²) >= 11 is 5.41. The number of sulfonamides is 2. The van der Waals surface area contributed by atoms with Crippen LogP contribution in [0.25, 0.3) is 10.9 Å². The fourth-order valence-corrected chi connectivity index (χ4v) is 7.38. The number of alkyl halides is 6. The molecule has 0 radical (unpaired) electrons. The van der Waals surface area contributed by atoms with Gasteiger partial charge in [-0.05, 0) is 88.2 Å². The Balaban J connectivity index is 0.000000271. The number of nitrogens with zero attached hydrogens (tertiary/aromatic N) is 6. The van der Waals surface area contributed by atoms with Gasteiger partial charge in [0.05, 0.1) is 27.4 Å². The van der Waals surface area contributed by atoms with Crippen LogP contribution in [0.5, 0.6) is 0 Å². The number of aromatic nitrogens is 1. The fourth-order valence-electron chi connectivity index (χ4n) is 4.74. The molecule has 5 rings (SSSR count). The molecule has 0 saturated heterocycles. The van der Waals surface area contributed by atoms with Gasteiger partial charge < -0.3 is 10.7 Å². The number of aliphatic imine (C=N–C) groups is 2. The summed E-state index contributed by atoms with van der Waals surface area (Å²) in [5, 5.41) is 11.6. The highest BCUT2D eigenvalue weighted by molar-refractivity contribution is 9.11. The van der Waals surface area contributed by atoms with Gasteiger partial charge >= 0.3 is 12.4 Å². The average Bonchev–Trinajstić information content (AvgIpc) is 3.80. The Hall–Kier alpha value is -4.16. The summed E-state index contributed by atoms with van der Waals surface area (Å²) in [5.41, 5.74) is 5.05. The van der Waals surface area contributed by atoms with Crippen LogP contribution in [0.4, 0.5) is 32.0 Å². The number of nitrogens with one attached hydrogen (secondary N) is 3. The van der Waals surface area contributed by atoms with E-state index < -0.39 is 42.6 Å². The zero-order chi connectivity index (χ0) is 44.1. The SMILES string of the molecule is C=C(Br)C(F)(F)F.CCN=C(NS(=O)(=O)c1ccc(N)c(Br)c1)N1CC(C)(C)C=N1.CCN=C(NS(=O)(=O)c1ccc2[nH]c(C(F)(F)F)cc2c1)N1CC(C)(C)C=N1. The molecule has 3 heterocycles. The molecule has 2 aromatic carbocycles. The van der Waals surface area contributed by atoms with Crippen LogP contribution in [0, 0.1) is 10.8 Å². The Labute approximate surface area is 349 Å². The molecular formula is C34H42Br2F6N10O4S2. The Morgan fingerprint density at radius 3 is 1.64 bits per heavy atom. The molecule has 58 heavy (non-hydrogen) atoms. The van der Waals surface area contributed by atoms with Gasteiger partial charge in [0.2, 0.25) is 11.9 Å². The van der Waals surface area contributed by atoms with Crippen LogP contribution in [0.1, 0.15) is 47.2 Å². The molecule has 3 aromatic rings. The van der Waals surface area contributed by atoms with E-state index in [1.54, 1.807) is 24.4 Å². The van der Waals surface area contributed by atoms with E-state index in [9.17, 15) is 43.2 Å². The largest absolute Gasteiger partial charge is 0.431 e. The summed E-state index contributed by atoms with van der Waals surface area (Å²) in [6, 6.07) is 9.04. The van der Waals surface area contributed by atoms with Crippen molar-refractivity contribution in [2.75, 3.05) is 31.9 Å². The molecule has 0 fully saturated rings. The summed E-state index contributed by atoms with van der Waals surface area (Å²) in [5.74, 6) is 0.275. The minimum absolute atomic E-state index is 0.0643. The highest BCUT2D eigenvalue weighted by Gasteiger charge is 2.34. The standard InChI is InChI=1S/C17H20F3N5O2S.C14H20BrN5O2S.C3H2BrF3/c1-4-21-15(25-10-16(2,3)9-22-25)24-28(26,27)12-5-6-13-11(7-12)8-14(23-13)17(18,19)20;1-4-17-13(20-9-14(2,3)8-18-20)19-23(21,22)10-5-6-12(16)11(15)7-10;1-2(4)3(5,6)7/h5-9,23H,4,10H2,1-3H3,(H,21,24);5-8H,4,9,16H2,1-3H3,(H,17,19);1H2. The van der Waals surface area contributed by atoms with Crippen molar-refractivity contribution in [3.63, 3.8) is 0 Å². The van der Waals surface area contributed by atoms with Crippen LogP contribution < -0.4 is 15.2 Å². The zero-order valence-corrected chi connectivity index (χ0v) is 36.8. The molecule has 2 aliphatic heterocycles. The van der Waals surface area contributed by atoms with Crippen molar-refractivity contribution in [1.29, 1.82) is 0 Å². The van der Waals surface area contributed by atoms with Crippen LogP contribution in [0.3, 0.4) is 0 Å². The quantitative estimate of drug-likeness (QED) is 0.0845. The van der Waals surface area contributed by atoms with Crippen LogP contribution in [0.15, 0.2) is 88.0 Å². The number of aromatic amines is 1. The lowest BCUT2D eigenvalue weighted by Crippen LogP contribution is -2.42.